The van der Waals surface area contributed by atoms with Gasteiger partial charge < -0.3 is 19.2 Å². The van der Waals surface area contributed by atoms with Gasteiger partial charge in [-0.15, -0.1) is 0 Å². The second-order valence-corrected chi connectivity index (χ2v) is 7.28. The summed E-state index contributed by atoms with van der Waals surface area (Å²) in [5.41, 5.74) is 4.59. The molecule has 2 heterocycles. The lowest BCUT2D eigenvalue weighted by molar-refractivity contribution is 0.0643. The van der Waals surface area contributed by atoms with E-state index in [1.54, 1.807) is 4.90 Å². The van der Waals surface area contributed by atoms with Crippen LogP contribution in [-0.2, 0) is 4.74 Å². The van der Waals surface area contributed by atoms with Gasteiger partial charge >= 0.3 is 12.1 Å². The van der Waals surface area contributed by atoms with E-state index in [2.05, 4.69) is 29.2 Å². The normalized spacial score (nSPS) is 15.5. The minimum atomic E-state index is -1.13. The Bertz CT molecular complexity index is 1050. The van der Waals surface area contributed by atoms with Gasteiger partial charge in [0.05, 0.1) is 5.92 Å². The molecule has 0 saturated carbocycles. The van der Waals surface area contributed by atoms with Crippen molar-refractivity contribution in [1.29, 1.82) is 0 Å². The van der Waals surface area contributed by atoms with Gasteiger partial charge in [-0.25, -0.2) is 14.6 Å². The van der Waals surface area contributed by atoms with Crippen LogP contribution >= 0.6 is 0 Å². The first-order valence-electron chi connectivity index (χ1n) is 9.40. The van der Waals surface area contributed by atoms with Crippen LogP contribution in [0.15, 0.2) is 59.2 Å². The minimum Gasteiger partial charge on any atom is -0.476 e. The molecule has 1 aliphatic carbocycles. The van der Waals surface area contributed by atoms with Crippen molar-refractivity contribution in [2.45, 2.75) is 11.8 Å². The largest absolute Gasteiger partial charge is 0.476 e. The summed E-state index contributed by atoms with van der Waals surface area (Å²) >= 11 is 0. The van der Waals surface area contributed by atoms with E-state index in [-0.39, 0.29) is 30.2 Å². The zero-order valence-corrected chi connectivity index (χ0v) is 15.4. The fraction of sp³-hybridized carbons (Fsp3) is 0.227. The fourth-order valence-electron chi connectivity index (χ4n) is 4.04. The first-order chi connectivity index (χ1) is 14.1. The molecule has 1 N–H and O–H groups in total. The molecular formula is C22H18N2O5. The number of aromatic carboxylic acids is 1. The number of hydrogen-bond acceptors (Lipinski definition) is 5. The van der Waals surface area contributed by atoms with Crippen LogP contribution in [0.25, 0.3) is 11.1 Å². The van der Waals surface area contributed by atoms with Gasteiger partial charge in [0.25, 0.3) is 0 Å². The van der Waals surface area contributed by atoms with Gasteiger partial charge in [0.2, 0.25) is 5.89 Å². The number of carboxylic acid groups (broad SMARTS) is 1. The number of amides is 1. The number of carbonyl (C=O) groups excluding carboxylic acids is 1. The molecule has 146 valence electrons. The lowest BCUT2D eigenvalue weighted by Crippen LogP contribution is -2.49. The third kappa shape index (κ3) is 2.95. The van der Waals surface area contributed by atoms with Crippen LogP contribution in [0.3, 0.4) is 0 Å². The second kappa shape index (κ2) is 6.77. The number of hydrogen-bond donors (Lipinski definition) is 1. The maximum absolute atomic E-state index is 12.5. The monoisotopic (exact) mass is 390 g/mol. The SMILES string of the molecule is O=C(O)c1coc(C2CN(C(=O)OCC3c4ccccc4-c4ccccc43)C2)n1. The number of fused-ring (bicyclic) bond motifs is 3. The zero-order chi connectivity index (χ0) is 20.0. The minimum absolute atomic E-state index is 0.0216. The average Bonchev–Trinajstić information content (AvgIpc) is 3.29. The summed E-state index contributed by atoms with van der Waals surface area (Å²) in [5.74, 6) is -0.880. The highest BCUT2D eigenvalue weighted by atomic mass is 16.6. The summed E-state index contributed by atoms with van der Waals surface area (Å²) in [5, 5.41) is 8.92. The summed E-state index contributed by atoms with van der Waals surface area (Å²) in [6.45, 7) is 1.07. The molecular weight excluding hydrogens is 372 g/mol. The van der Waals surface area contributed by atoms with E-state index in [1.807, 2.05) is 24.3 Å². The van der Waals surface area contributed by atoms with Crippen LogP contribution in [0.4, 0.5) is 4.79 Å². The Balaban J connectivity index is 1.22. The molecule has 2 aliphatic rings. The van der Waals surface area contributed by atoms with Crippen molar-refractivity contribution in [3.05, 3.63) is 77.5 Å². The molecule has 0 bridgehead atoms. The smallest absolute Gasteiger partial charge is 0.409 e. The lowest BCUT2D eigenvalue weighted by atomic mass is 9.98. The van der Waals surface area contributed by atoms with Gasteiger partial charge in [-0.3, -0.25) is 0 Å². The van der Waals surface area contributed by atoms with Crippen LogP contribution in [-0.4, -0.2) is 46.7 Å². The predicted octanol–water partition coefficient (Wildman–Crippen LogP) is 3.72. The number of rotatable bonds is 4. The number of aromatic nitrogens is 1. The Morgan fingerprint density at radius 2 is 1.69 bits per heavy atom. The van der Waals surface area contributed by atoms with E-state index in [4.69, 9.17) is 14.3 Å². The van der Waals surface area contributed by atoms with Gasteiger partial charge in [-0.1, -0.05) is 48.5 Å². The maximum atomic E-state index is 12.5. The Kier molecular flexibility index (Phi) is 4.08. The first-order valence-corrected chi connectivity index (χ1v) is 9.40. The number of oxazole rings is 1. The standard InChI is InChI=1S/C22H18N2O5/c25-21(26)19-12-28-20(23-19)13-9-24(10-13)22(27)29-11-18-16-7-3-1-5-14(16)15-6-2-4-8-17(15)18/h1-8,12-13,18H,9-11H2,(H,25,26). The summed E-state index contributed by atoms with van der Waals surface area (Å²) in [6.07, 6.45) is 0.737. The van der Waals surface area contributed by atoms with Gasteiger partial charge in [-0.05, 0) is 22.3 Å². The van der Waals surface area contributed by atoms with Crippen molar-refractivity contribution < 1.29 is 23.8 Å². The maximum Gasteiger partial charge on any atom is 0.409 e. The second-order valence-electron chi connectivity index (χ2n) is 7.28. The van der Waals surface area contributed by atoms with Crippen LogP contribution in [0.2, 0.25) is 0 Å². The van der Waals surface area contributed by atoms with E-state index in [9.17, 15) is 9.59 Å². The number of likely N-dealkylation sites (tertiary alicyclic amines) is 1. The number of carboxylic acids is 1. The molecule has 5 rings (SSSR count). The summed E-state index contributed by atoms with van der Waals surface area (Å²) in [6, 6.07) is 16.4. The Morgan fingerprint density at radius 3 is 2.28 bits per heavy atom. The number of benzene rings is 2. The van der Waals surface area contributed by atoms with Crippen LogP contribution < -0.4 is 0 Å². The van der Waals surface area contributed by atoms with Gasteiger partial charge in [-0.2, -0.15) is 0 Å². The number of carbonyl (C=O) groups is 2. The molecule has 7 nitrogen and oxygen atoms in total. The van der Waals surface area contributed by atoms with Crippen molar-refractivity contribution in [3.8, 4) is 11.1 Å². The lowest BCUT2D eigenvalue weighted by Gasteiger charge is -2.36. The molecule has 3 aromatic rings. The molecule has 0 radical (unpaired) electrons. The van der Waals surface area contributed by atoms with Crippen molar-refractivity contribution in [1.82, 2.24) is 9.88 Å². The topological polar surface area (TPSA) is 92.9 Å². The molecule has 1 fully saturated rings. The zero-order valence-electron chi connectivity index (χ0n) is 15.4. The third-order valence-electron chi connectivity index (χ3n) is 5.57. The van der Waals surface area contributed by atoms with Crippen molar-refractivity contribution in [3.63, 3.8) is 0 Å². The molecule has 0 unspecified atom stereocenters. The molecule has 2 aromatic carbocycles. The molecule has 1 amide bonds. The Hall–Kier alpha value is -3.61. The van der Waals surface area contributed by atoms with Gasteiger partial charge in [0.15, 0.2) is 5.69 Å². The fourth-order valence-corrected chi connectivity index (χ4v) is 4.04. The molecule has 29 heavy (non-hydrogen) atoms. The van der Waals surface area contributed by atoms with Gasteiger partial charge in [0.1, 0.15) is 12.9 Å². The predicted molar refractivity (Wildman–Crippen MR) is 103 cm³/mol. The molecule has 0 spiro atoms. The summed E-state index contributed by atoms with van der Waals surface area (Å²) in [7, 11) is 0. The van der Waals surface area contributed by atoms with Crippen molar-refractivity contribution in [2.24, 2.45) is 0 Å². The van der Waals surface area contributed by atoms with E-state index in [1.165, 1.54) is 22.3 Å². The first kappa shape index (κ1) is 17.5. The van der Waals surface area contributed by atoms with Crippen LogP contribution in [0.1, 0.15) is 39.3 Å². The van der Waals surface area contributed by atoms with E-state index >= 15 is 0 Å². The molecule has 1 aromatic heterocycles. The summed E-state index contributed by atoms with van der Waals surface area (Å²) in [4.78, 5) is 28.9. The van der Waals surface area contributed by atoms with E-state index in [0.717, 1.165) is 6.26 Å². The molecule has 7 heteroatoms. The van der Waals surface area contributed by atoms with E-state index < -0.39 is 5.97 Å². The highest BCUT2D eigenvalue weighted by molar-refractivity contribution is 5.84. The van der Waals surface area contributed by atoms with Crippen LogP contribution in [0, 0.1) is 0 Å². The number of nitrogens with zero attached hydrogens (tertiary/aromatic N) is 2. The quantitative estimate of drug-likeness (QED) is 0.730. The average molecular weight is 390 g/mol. The molecule has 0 atom stereocenters. The Morgan fingerprint density at radius 1 is 1.07 bits per heavy atom. The van der Waals surface area contributed by atoms with Gasteiger partial charge in [0, 0.05) is 19.0 Å². The van der Waals surface area contributed by atoms with Crippen molar-refractivity contribution >= 4 is 12.1 Å². The summed E-state index contributed by atoms with van der Waals surface area (Å²) < 4.78 is 10.8. The highest BCUT2D eigenvalue weighted by Crippen LogP contribution is 2.44. The van der Waals surface area contributed by atoms with E-state index in [0.29, 0.717) is 19.0 Å². The molecule has 1 aliphatic heterocycles. The Labute approximate surface area is 166 Å². The van der Waals surface area contributed by atoms with Crippen LogP contribution in [0.5, 0.6) is 0 Å². The van der Waals surface area contributed by atoms with Crippen molar-refractivity contribution in [2.75, 3.05) is 19.7 Å². The molecule has 1 saturated heterocycles. The highest BCUT2D eigenvalue weighted by Gasteiger charge is 2.37. The number of ether oxygens (including phenoxy) is 1. The third-order valence-corrected chi connectivity index (χ3v) is 5.57.